The number of hydrogen-bond donors (Lipinski definition) is 1. The summed E-state index contributed by atoms with van der Waals surface area (Å²) in [5.41, 5.74) is 0.909. The lowest BCUT2D eigenvalue weighted by atomic mass is 10.00. The minimum atomic E-state index is -1.80. The van der Waals surface area contributed by atoms with Crippen LogP contribution in [0.1, 0.15) is 33.3 Å². The van der Waals surface area contributed by atoms with Crippen molar-refractivity contribution in [3.63, 3.8) is 0 Å². The van der Waals surface area contributed by atoms with Gasteiger partial charge in [-0.15, -0.1) is 0 Å². The third-order valence-electron chi connectivity index (χ3n) is 6.18. The van der Waals surface area contributed by atoms with E-state index in [1.165, 1.54) is 0 Å². The van der Waals surface area contributed by atoms with Crippen LogP contribution in [-0.2, 0) is 20.6 Å². The molecule has 1 aromatic carbocycles. The maximum absolute atomic E-state index is 12.5. The van der Waals surface area contributed by atoms with Crippen LogP contribution in [0.15, 0.2) is 30.3 Å². The summed E-state index contributed by atoms with van der Waals surface area (Å²) in [4.78, 5) is 26.2. The van der Waals surface area contributed by atoms with Crippen molar-refractivity contribution in [2.24, 2.45) is 11.8 Å². The summed E-state index contributed by atoms with van der Waals surface area (Å²) in [5, 5.41) is 2.73. The highest BCUT2D eigenvalue weighted by atomic mass is 28.4. The number of carbonyl (C=O) groups is 2. The molecule has 1 aliphatic heterocycles. The quantitative estimate of drug-likeness (QED) is 0.676. The largest absolute Gasteiger partial charge is 0.445 e. The van der Waals surface area contributed by atoms with Crippen molar-refractivity contribution in [1.82, 2.24) is 10.2 Å². The molecule has 1 N–H and O–H groups in total. The highest BCUT2D eigenvalue weighted by Crippen LogP contribution is 2.37. The number of hydrogen-bond acceptors (Lipinski definition) is 4. The summed E-state index contributed by atoms with van der Waals surface area (Å²) in [6.45, 7) is 15.6. The summed E-state index contributed by atoms with van der Waals surface area (Å²) in [6.07, 6.45) is -0.577. The van der Waals surface area contributed by atoms with Gasteiger partial charge in [0, 0.05) is 25.6 Å². The van der Waals surface area contributed by atoms with Gasteiger partial charge in [-0.2, -0.15) is 0 Å². The average Bonchev–Trinajstić information content (AvgIpc) is 3.03. The SMILES string of the molecule is C[C@H]1CN(C(=O)CNC(=O)OCc2ccccc2)C[C@H]1CO[Si](C)(C)C(C)(C)C. The molecule has 2 atom stereocenters. The number of amides is 2. The van der Waals surface area contributed by atoms with Crippen LogP contribution in [-0.4, -0.2) is 51.5 Å². The maximum atomic E-state index is 12.5. The van der Waals surface area contributed by atoms with Gasteiger partial charge in [-0.3, -0.25) is 4.79 Å². The molecule has 0 spiro atoms. The molecule has 162 valence electrons. The van der Waals surface area contributed by atoms with Crippen molar-refractivity contribution in [2.45, 2.75) is 52.4 Å². The third kappa shape index (κ3) is 6.85. The van der Waals surface area contributed by atoms with Crippen molar-refractivity contribution >= 4 is 20.3 Å². The molecule has 0 bridgehead atoms. The highest BCUT2D eigenvalue weighted by Gasteiger charge is 2.39. The Morgan fingerprint density at radius 2 is 1.83 bits per heavy atom. The Morgan fingerprint density at radius 3 is 2.45 bits per heavy atom. The van der Waals surface area contributed by atoms with E-state index in [1.807, 2.05) is 35.2 Å². The van der Waals surface area contributed by atoms with E-state index in [4.69, 9.17) is 9.16 Å². The first-order chi connectivity index (χ1) is 13.5. The van der Waals surface area contributed by atoms with Crippen LogP contribution >= 0.6 is 0 Å². The van der Waals surface area contributed by atoms with Gasteiger partial charge < -0.3 is 19.4 Å². The number of nitrogens with one attached hydrogen (secondary N) is 1. The Kier molecular flexibility index (Phi) is 7.88. The number of rotatable bonds is 7. The van der Waals surface area contributed by atoms with Gasteiger partial charge in [0.25, 0.3) is 0 Å². The third-order valence-corrected chi connectivity index (χ3v) is 10.7. The number of benzene rings is 1. The molecule has 6 nitrogen and oxygen atoms in total. The molecule has 1 aliphatic rings. The molecule has 0 saturated carbocycles. The molecule has 0 unspecified atom stereocenters. The molecule has 1 heterocycles. The molecule has 2 amide bonds. The molecule has 29 heavy (non-hydrogen) atoms. The zero-order chi connectivity index (χ0) is 21.7. The number of nitrogens with zero attached hydrogens (tertiary/aromatic N) is 1. The van der Waals surface area contributed by atoms with Gasteiger partial charge >= 0.3 is 6.09 Å². The highest BCUT2D eigenvalue weighted by molar-refractivity contribution is 6.74. The van der Waals surface area contributed by atoms with Crippen LogP contribution in [0.4, 0.5) is 4.79 Å². The summed E-state index contributed by atoms with van der Waals surface area (Å²) in [7, 11) is -1.80. The molecular formula is C22H36N2O4Si. The maximum Gasteiger partial charge on any atom is 0.407 e. The first-order valence-electron chi connectivity index (χ1n) is 10.4. The second-order valence-electron chi connectivity index (χ2n) is 9.52. The van der Waals surface area contributed by atoms with Gasteiger partial charge in [0.1, 0.15) is 13.2 Å². The number of ether oxygens (including phenoxy) is 1. The first-order valence-corrected chi connectivity index (χ1v) is 13.3. The van der Waals surface area contributed by atoms with Gasteiger partial charge in [-0.25, -0.2) is 4.79 Å². The normalized spacial score (nSPS) is 19.9. The molecule has 1 saturated heterocycles. The van der Waals surface area contributed by atoms with E-state index in [0.29, 0.717) is 31.5 Å². The Balaban J connectivity index is 1.74. The van der Waals surface area contributed by atoms with Gasteiger partial charge in [0.05, 0.1) is 0 Å². The Morgan fingerprint density at radius 1 is 1.17 bits per heavy atom. The number of likely N-dealkylation sites (tertiary alicyclic amines) is 1. The van der Waals surface area contributed by atoms with Crippen LogP contribution in [0.5, 0.6) is 0 Å². The van der Waals surface area contributed by atoms with Crippen molar-refractivity contribution < 1.29 is 18.8 Å². The minimum Gasteiger partial charge on any atom is -0.445 e. The number of alkyl carbamates (subject to hydrolysis) is 1. The predicted octanol–water partition coefficient (Wildman–Crippen LogP) is 4.03. The van der Waals surface area contributed by atoms with Crippen LogP contribution in [0.3, 0.4) is 0 Å². The Bertz CT molecular complexity index is 688. The fourth-order valence-corrected chi connectivity index (χ4v) is 4.08. The van der Waals surface area contributed by atoms with E-state index in [1.54, 1.807) is 0 Å². The smallest absolute Gasteiger partial charge is 0.407 e. The van der Waals surface area contributed by atoms with Crippen LogP contribution in [0.25, 0.3) is 0 Å². The standard InChI is InChI=1S/C22H36N2O4Si/c1-17-13-24(14-19(17)16-28-29(5,6)22(2,3)4)20(25)12-23-21(26)27-15-18-10-8-7-9-11-18/h7-11,17,19H,12-16H2,1-6H3,(H,23,26)/t17-,19-/m0/s1. The number of carbonyl (C=O) groups excluding carboxylic acids is 2. The minimum absolute atomic E-state index is 0.0455. The van der Waals surface area contributed by atoms with Crippen molar-refractivity contribution in [2.75, 3.05) is 26.2 Å². The lowest BCUT2D eigenvalue weighted by Crippen LogP contribution is -2.43. The van der Waals surface area contributed by atoms with E-state index in [2.05, 4.69) is 46.1 Å². The van der Waals surface area contributed by atoms with Crippen LogP contribution in [0, 0.1) is 11.8 Å². The zero-order valence-electron chi connectivity index (χ0n) is 18.7. The summed E-state index contributed by atoms with van der Waals surface area (Å²) in [6, 6.07) is 9.45. The van der Waals surface area contributed by atoms with Gasteiger partial charge in [-0.1, -0.05) is 58.0 Å². The van der Waals surface area contributed by atoms with Gasteiger partial charge in [0.15, 0.2) is 8.32 Å². The summed E-state index contributed by atoms with van der Waals surface area (Å²) in [5.74, 6) is 0.634. The van der Waals surface area contributed by atoms with Crippen molar-refractivity contribution in [3.05, 3.63) is 35.9 Å². The topological polar surface area (TPSA) is 67.9 Å². The molecule has 1 fully saturated rings. The van der Waals surface area contributed by atoms with Crippen molar-refractivity contribution in [3.8, 4) is 0 Å². The Hall–Kier alpha value is -1.86. The zero-order valence-corrected chi connectivity index (χ0v) is 19.7. The molecule has 0 aromatic heterocycles. The first kappa shape index (κ1) is 23.4. The van der Waals surface area contributed by atoms with E-state index >= 15 is 0 Å². The second-order valence-corrected chi connectivity index (χ2v) is 14.3. The molecular weight excluding hydrogens is 384 g/mol. The average molecular weight is 421 g/mol. The van der Waals surface area contributed by atoms with E-state index < -0.39 is 14.4 Å². The van der Waals surface area contributed by atoms with Crippen molar-refractivity contribution in [1.29, 1.82) is 0 Å². The fraction of sp³-hybridized carbons (Fsp3) is 0.636. The van der Waals surface area contributed by atoms with E-state index in [9.17, 15) is 9.59 Å². The lowest BCUT2D eigenvalue weighted by Gasteiger charge is -2.37. The summed E-state index contributed by atoms with van der Waals surface area (Å²) >= 11 is 0. The molecule has 0 radical (unpaired) electrons. The molecule has 2 rings (SSSR count). The summed E-state index contributed by atoms with van der Waals surface area (Å²) < 4.78 is 11.5. The van der Waals surface area contributed by atoms with Crippen LogP contribution in [0.2, 0.25) is 18.1 Å². The monoisotopic (exact) mass is 420 g/mol. The van der Waals surface area contributed by atoms with Crippen LogP contribution < -0.4 is 5.32 Å². The van der Waals surface area contributed by atoms with Gasteiger partial charge in [0.2, 0.25) is 5.91 Å². The fourth-order valence-electron chi connectivity index (χ4n) is 3.02. The van der Waals surface area contributed by atoms with Gasteiger partial charge in [-0.05, 0) is 29.6 Å². The second kappa shape index (κ2) is 9.76. The molecule has 1 aromatic rings. The van der Waals surface area contributed by atoms with E-state index in [-0.39, 0.29) is 24.1 Å². The Labute approximate surface area is 176 Å². The molecule has 7 heteroatoms. The lowest BCUT2D eigenvalue weighted by molar-refractivity contribution is -0.129. The molecule has 0 aliphatic carbocycles. The predicted molar refractivity (Wildman–Crippen MR) is 117 cm³/mol. The van der Waals surface area contributed by atoms with E-state index in [0.717, 1.165) is 5.56 Å².